The van der Waals surface area contributed by atoms with Gasteiger partial charge in [-0.1, -0.05) is 93.2 Å². The molecule has 0 saturated heterocycles. The molecule has 1 aliphatic carbocycles. The Morgan fingerprint density at radius 3 is 2.38 bits per heavy atom. The normalized spacial score (nSPS) is 14.3. The smallest absolute Gasteiger partial charge is 0.336 e. The zero-order valence-corrected chi connectivity index (χ0v) is 22.3. The first-order valence-corrected chi connectivity index (χ1v) is 13.6. The van der Waals surface area contributed by atoms with Gasteiger partial charge in [0.1, 0.15) is 5.15 Å². The lowest BCUT2D eigenvalue weighted by atomic mass is 9.87. The number of aromatic nitrogens is 2. The van der Waals surface area contributed by atoms with Gasteiger partial charge < -0.3 is 5.11 Å². The quantitative estimate of drug-likeness (QED) is 0.331. The molecule has 2 aromatic carbocycles. The van der Waals surface area contributed by atoms with Gasteiger partial charge >= 0.3 is 11.7 Å². The Labute approximate surface area is 222 Å². The molecule has 0 aliphatic heterocycles. The van der Waals surface area contributed by atoms with E-state index in [1.165, 1.54) is 11.0 Å². The highest BCUT2D eigenvalue weighted by Gasteiger charge is 2.27. The molecule has 3 aromatic rings. The number of carbonyl (C=O) groups excluding carboxylic acids is 1. The van der Waals surface area contributed by atoms with Crippen LogP contribution in [0.2, 0.25) is 5.15 Å². The van der Waals surface area contributed by atoms with Crippen LogP contribution in [0, 0.1) is 11.8 Å². The van der Waals surface area contributed by atoms with Crippen molar-refractivity contribution in [2.45, 2.75) is 71.8 Å². The maximum Gasteiger partial charge on any atom is 0.336 e. The molecule has 4 rings (SSSR count). The minimum absolute atomic E-state index is 0.0258. The number of carboxylic acids is 1. The van der Waals surface area contributed by atoms with Gasteiger partial charge in [0.15, 0.2) is 0 Å². The first-order valence-electron chi connectivity index (χ1n) is 13.2. The third kappa shape index (κ3) is 6.07. The van der Waals surface area contributed by atoms with Crippen molar-refractivity contribution in [1.29, 1.82) is 0 Å². The van der Waals surface area contributed by atoms with Crippen LogP contribution in [0.5, 0.6) is 0 Å². The SMILES string of the molecule is CC(C)CCc1c(Cl)n(C(=O)CC2CCCCC2)c(=O)n1Cc1cccc(-c2ccccc2)c1C(=O)O. The number of halogens is 1. The van der Waals surface area contributed by atoms with Gasteiger partial charge in [-0.15, -0.1) is 0 Å². The van der Waals surface area contributed by atoms with Crippen molar-refractivity contribution < 1.29 is 14.7 Å². The highest BCUT2D eigenvalue weighted by molar-refractivity contribution is 6.31. The molecule has 37 heavy (non-hydrogen) atoms. The molecule has 1 saturated carbocycles. The van der Waals surface area contributed by atoms with Crippen molar-refractivity contribution in [1.82, 2.24) is 9.13 Å². The van der Waals surface area contributed by atoms with E-state index in [1.54, 1.807) is 18.2 Å². The number of hydrogen-bond donors (Lipinski definition) is 1. The summed E-state index contributed by atoms with van der Waals surface area (Å²) >= 11 is 6.73. The Kier molecular flexibility index (Phi) is 8.70. The average Bonchev–Trinajstić information content (AvgIpc) is 3.12. The van der Waals surface area contributed by atoms with Gasteiger partial charge in [0.2, 0.25) is 5.91 Å². The van der Waals surface area contributed by atoms with E-state index in [-0.39, 0.29) is 29.1 Å². The summed E-state index contributed by atoms with van der Waals surface area (Å²) in [5, 5.41) is 10.3. The van der Waals surface area contributed by atoms with Crippen LogP contribution in [-0.2, 0) is 13.0 Å². The zero-order valence-electron chi connectivity index (χ0n) is 21.6. The number of carbonyl (C=O) groups is 2. The summed E-state index contributed by atoms with van der Waals surface area (Å²) in [6.45, 7) is 4.21. The first kappa shape index (κ1) is 26.9. The molecule has 1 heterocycles. The van der Waals surface area contributed by atoms with Gasteiger partial charge in [0.25, 0.3) is 0 Å². The molecule has 6 nitrogen and oxygen atoms in total. The largest absolute Gasteiger partial charge is 0.478 e. The van der Waals surface area contributed by atoms with E-state index in [0.29, 0.717) is 35.6 Å². The molecule has 0 amide bonds. The maximum atomic E-state index is 13.7. The zero-order chi connectivity index (χ0) is 26.5. The van der Waals surface area contributed by atoms with Crippen molar-refractivity contribution in [3.05, 3.63) is 81.0 Å². The number of imidazole rings is 1. The van der Waals surface area contributed by atoms with Crippen molar-refractivity contribution in [3.8, 4) is 11.1 Å². The van der Waals surface area contributed by atoms with Crippen LogP contribution in [0.3, 0.4) is 0 Å². The molecule has 1 fully saturated rings. The van der Waals surface area contributed by atoms with Crippen LogP contribution >= 0.6 is 11.6 Å². The minimum atomic E-state index is -1.06. The summed E-state index contributed by atoms with van der Waals surface area (Å²) in [6.07, 6.45) is 7.01. The number of nitrogens with zero attached hydrogens (tertiary/aromatic N) is 2. The Morgan fingerprint density at radius 2 is 1.73 bits per heavy atom. The Balaban J connectivity index is 1.77. The molecule has 196 valence electrons. The van der Waals surface area contributed by atoms with E-state index < -0.39 is 11.7 Å². The number of hydrogen-bond acceptors (Lipinski definition) is 3. The van der Waals surface area contributed by atoms with Crippen molar-refractivity contribution in [3.63, 3.8) is 0 Å². The van der Waals surface area contributed by atoms with E-state index in [1.807, 2.05) is 30.3 Å². The monoisotopic (exact) mass is 522 g/mol. The Hall–Kier alpha value is -3.12. The molecule has 0 unspecified atom stereocenters. The fourth-order valence-electron chi connectivity index (χ4n) is 5.35. The van der Waals surface area contributed by atoms with Crippen LogP contribution in [0.25, 0.3) is 11.1 Å². The fraction of sp³-hybridized carbons (Fsp3) is 0.433. The lowest BCUT2D eigenvalue weighted by Crippen LogP contribution is -2.31. The predicted molar refractivity (Wildman–Crippen MR) is 147 cm³/mol. The van der Waals surface area contributed by atoms with Gasteiger partial charge in [0, 0.05) is 6.42 Å². The lowest BCUT2D eigenvalue weighted by Gasteiger charge is -2.20. The maximum absolute atomic E-state index is 13.7. The number of aromatic carboxylic acids is 1. The number of benzene rings is 2. The molecule has 1 aliphatic rings. The van der Waals surface area contributed by atoms with Crippen molar-refractivity contribution >= 4 is 23.5 Å². The minimum Gasteiger partial charge on any atom is -0.478 e. The number of carboxylic acid groups (broad SMARTS) is 1. The van der Waals surface area contributed by atoms with E-state index in [4.69, 9.17) is 11.6 Å². The topological polar surface area (TPSA) is 81.3 Å². The summed E-state index contributed by atoms with van der Waals surface area (Å²) in [5.74, 6) is -0.696. The van der Waals surface area contributed by atoms with E-state index in [0.717, 1.165) is 42.2 Å². The Morgan fingerprint density at radius 1 is 1.03 bits per heavy atom. The second-order valence-electron chi connectivity index (χ2n) is 10.5. The second kappa shape index (κ2) is 12.0. The van der Waals surface area contributed by atoms with Crippen LogP contribution in [0.4, 0.5) is 0 Å². The van der Waals surface area contributed by atoms with E-state index >= 15 is 0 Å². The van der Waals surface area contributed by atoms with Crippen LogP contribution in [0.15, 0.2) is 53.3 Å². The predicted octanol–water partition coefficient (Wildman–Crippen LogP) is 6.92. The van der Waals surface area contributed by atoms with Gasteiger partial charge in [-0.05, 0) is 54.2 Å². The van der Waals surface area contributed by atoms with Gasteiger partial charge in [-0.2, -0.15) is 0 Å². The summed E-state index contributed by atoms with van der Waals surface area (Å²) in [5.41, 5.74) is 2.10. The van der Waals surface area contributed by atoms with Crippen LogP contribution in [-0.4, -0.2) is 26.1 Å². The van der Waals surface area contributed by atoms with Crippen molar-refractivity contribution in [2.75, 3.05) is 0 Å². The molecular formula is C30H35ClN2O4. The summed E-state index contributed by atoms with van der Waals surface area (Å²) in [4.78, 5) is 39.4. The molecule has 1 N–H and O–H groups in total. The van der Waals surface area contributed by atoms with Gasteiger partial charge in [-0.25, -0.2) is 14.2 Å². The summed E-state index contributed by atoms with van der Waals surface area (Å²) < 4.78 is 2.62. The highest BCUT2D eigenvalue weighted by atomic mass is 35.5. The fourth-order valence-corrected chi connectivity index (χ4v) is 5.71. The molecule has 0 bridgehead atoms. The highest BCUT2D eigenvalue weighted by Crippen LogP contribution is 2.30. The molecule has 0 radical (unpaired) electrons. The standard InChI is InChI=1S/C30H35ClN2O4/c1-20(2)16-17-25-28(31)33(26(34)18-21-10-5-3-6-11-21)30(37)32(25)19-23-14-9-15-24(27(23)29(35)36)22-12-7-4-8-13-22/h4,7-9,12-15,20-21H,3,5-6,10-11,16-19H2,1-2H3,(H,35,36). The van der Waals surface area contributed by atoms with Crippen molar-refractivity contribution in [2.24, 2.45) is 11.8 Å². The molecule has 0 spiro atoms. The van der Waals surface area contributed by atoms with E-state index in [2.05, 4.69) is 13.8 Å². The summed E-state index contributed by atoms with van der Waals surface area (Å²) in [7, 11) is 0. The molecular weight excluding hydrogens is 488 g/mol. The van der Waals surface area contributed by atoms with Gasteiger partial charge in [-0.3, -0.25) is 9.36 Å². The molecule has 0 atom stereocenters. The average molecular weight is 523 g/mol. The first-order chi connectivity index (χ1) is 17.8. The second-order valence-corrected chi connectivity index (χ2v) is 10.8. The third-order valence-electron chi connectivity index (χ3n) is 7.36. The van der Waals surface area contributed by atoms with Crippen LogP contribution in [0.1, 0.15) is 85.2 Å². The molecule has 1 aromatic heterocycles. The molecule has 7 heteroatoms. The van der Waals surface area contributed by atoms with Gasteiger partial charge in [0.05, 0.1) is 17.8 Å². The number of rotatable bonds is 9. The lowest BCUT2D eigenvalue weighted by molar-refractivity contribution is 0.0695. The third-order valence-corrected chi connectivity index (χ3v) is 7.74. The summed E-state index contributed by atoms with van der Waals surface area (Å²) in [6, 6.07) is 14.6. The van der Waals surface area contributed by atoms with E-state index in [9.17, 15) is 19.5 Å². The Bertz CT molecular complexity index is 1320. The van der Waals surface area contributed by atoms with Crippen LogP contribution < -0.4 is 5.69 Å².